The molecule has 3 atom stereocenters. The van der Waals surface area contributed by atoms with Crippen molar-refractivity contribution in [1.82, 2.24) is 0 Å². The van der Waals surface area contributed by atoms with Crippen LogP contribution in [0.1, 0.15) is 65.7 Å². The Bertz CT molecular complexity index is 337. The van der Waals surface area contributed by atoms with E-state index in [0.717, 1.165) is 38.5 Å². The van der Waals surface area contributed by atoms with E-state index in [-0.39, 0.29) is 5.97 Å². The largest absolute Gasteiger partial charge is 0.459 e. The standard InChI is InChI=1S/C15H27NO3/c1-14(2,3)19-13(17)15(16)9-5-4-7-11-12(18-11)8-6-10-15/h11-12H,4-10,16H2,1-3H3. The van der Waals surface area contributed by atoms with E-state index in [2.05, 4.69) is 0 Å². The summed E-state index contributed by atoms with van der Waals surface area (Å²) >= 11 is 0. The Kier molecular flexibility index (Phi) is 4.21. The number of rotatable bonds is 1. The highest BCUT2D eigenvalue weighted by molar-refractivity contribution is 5.80. The molecule has 1 saturated carbocycles. The highest BCUT2D eigenvalue weighted by Gasteiger charge is 2.42. The maximum absolute atomic E-state index is 12.3. The predicted molar refractivity (Wildman–Crippen MR) is 73.7 cm³/mol. The second-order valence-electron chi connectivity index (χ2n) is 7.01. The van der Waals surface area contributed by atoms with Crippen LogP contribution >= 0.6 is 0 Å². The molecule has 1 saturated heterocycles. The van der Waals surface area contributed by atoms with Gasteiger partial charge in [0.15, 0.2) is 0 Å². The van der Waals surface area contributed by atoms with Crippen LogP contribution in [0.5, 0.6) is 0 Å². The van der Waals surface area contributed by atoms with Crippen molar-refractivity contribution in [3.63, 3.8) is 0 Å². The van der Waals surface area contributed by atoms with Crippen molar-refractivity contribution in [2.45, 2.75) is 89.1 Å². The number of hydrogen-bond donors (Lipinski definition) is 1. The zero-order chi connectivity index (χ0) is 14.1. The van der Waals surface area contributed by atoms with Crippen LogP contribution in [0.4, 0.5) is 0 Å². The molecule has 0 aromatic carbocycles. The SMILES string of the molecule is CC(C)(C)OC(=O)C1(N)CCCCC2OC2CCC1. The van der Waals surface area contributed by atoms with Crippen molar-refractivity contribution >= 4 is 5.97 Å². The average Bonchev–Trinajstić information content (AvgIpc) is 3.01. The summed E-state index contributed by atoms with van der Waals surface area (Å²) in [6.45, 7) is 5.66. The zero-order valence-corrected chi connectivity index (χ0v) is 12.4. The fraction of sp³-hybridized carbons (Fsp3) is 0.933. The van der Waals surface area contributed by atoms with Gasteiger partial charge in [-0.25, -0.2) is 0 Å². The molecule has 2 aliphatic rings. The van der Waals surface area contributed by atoms with E-state index in [0.29, 0.717) is 18.6 Å². The van der Waals surface area contributed by atoms with E-state index >= 15 is 0 Å². The van der Waals surface area contributed by atoms with Gasteiger partial charge in [-0.3, -0.25) is 4.79 Å². The van der Waals surface area contributed by atoms with E-state index in [1.54, 1.807) is 0 Å². The smallest absolute Gasteiger partial charge is 0.326 e. The maximum atomic E-state index is 12.3. The molecule has 0 radical (unpaired) electrons. The Morgan fingerprint density at radius 3 is 2.37 bits per heavy atom. The first kappa shape index (κ1) is 14.8. The lowest BCUT2D eigenvalue weighted by Crippen LogP contribution is -2.51. The third-order valence-electron chi connectivity index (χ3n) is 3.97. The second kappa shape index (κ2) is 5.41. The number of nitrogens with two attached hydrogens (primary N) is 1. The molecule has 0 amide bonds. The fourth-order valence-electron chi connectivity index (χ4n) is 2.80. The molecule has 3 unspecified atom stereocenters. The van der Waals surface area contributed by atoms with Crippen molar-refractivity contribution < 1.29 is 14.3 Å². The summed E-state index contributed by atoms with van der Waals surface area (Å²) in [5, 5.41) is 0. The van der Waals surface area contributed by atoms with Crippen molar-refractivity contribution in [3.8, 4) is 0 Å². The summed E-state index contributed by atoms with van der Waals surface area (Å²) in [6, 6.07) is 0. The lowest BCUT2D eigenvalue weighted by Gasteiger charge is -2.31. The van der Waals surface area contributed by atoms with Crippen LogP contribution in [-0.2, 0) is 14.3 Å². The molecule has 0 spiro atoms. The predicted octanol–water partition coefficient (Wildman–Crippen LogP) is 2.54. The van der Waals surface area contributed by atoms with Gasteiger partial charge in [0, 0.05) is 0 Å². The van der Waals surface area contributed by atoms with Gasteiger partial charge >= 0.3 is 5.97 Å². The lowest BCUT2D eigenvalue weighted by atomic mass is 9.86. The molecule has 4 heteroatoms. The minimum atomic E-state index is -0.811. The molecule has 2 N–H and O–H groups in total. The van der Waals surface area contributed by atoms with Gasteiger partial charge in [-0.2, -0.15) is 0 Å². The van der Waals surface area contributed by atoms with Gasteiger partial charge in [0.25, 0.3) is 0 Å². The van der Waals surface area contributed by atoms with Gasteiger partial charge in [0.05, 0.1) is 12.2 Å². The number of carbonyl (C=O) groups is 1. The number of hydrogen-bond acceptors (Lipinski definition) is 4. The molecule has 110 valence electrons. The second-order valence-corrected chi connectivity index (χ2v) is 7.01. The third kappa shape index (κ3) is 4.18. The van der Waals surface area contributed by atoms with E-state index in [1.807, 2.05) is 20.8 Å². The topological polar surface area (TPSA) is 64.8 Å². The lowest BCUT2D eigenvalue weighted by molar-refractivity contribution is -0.162. The van der Waals surface area contributed by atoms with Crippen LogP contribution in [0.25, 0.3) is 0 Å². The molecule has 0 aromatic rings. The summed E-state index contributed by atoms with van der Waals surface area (Å²) in [6.07, 6.45) is 7.45. The molecule has 2 fully saturated rings. The molecule has 4 nitrogen and oxygen atoms in total. The molecule has 0 bridgehead atoms. The van der Waals surface area contributed by atoms with E-state index in [9.17, 15) is 4.79 Å². The number of fused-ring (bicyclic) bond motifs is 1. The molecule has 2 rings (SSSR count). The van der Waals surface area contributed by atoms with Gasteiger partial charge < -0.3 is 15.2 Å². The van der Waals surface area contributed by atoms with Crippen molar-refractivity contribution in [1.29, 1.82) is 0 Å². The minimum absolute atomic E-state index is 0.242. The number of esters is 1. The molecule has 1 aliphatic heterocycles. The molecule has 0 aromatic heterocycles. The first-order valence-electron chi connectivity index (χ1n) is 7.48. The Morgan fingerprint density at radius 1 is 1.16 bits per heavy atom. The van der Waals surface area contributed by atoms with Crippen molar-refractivity contribution in [2.24, 2.45) is 5.73 Å². The van der Waals surface area contributed by atoms with Crippen molar-refractivity contribution in [3.05, 3.63) is 0 Å². The quantitative estimate of drug-likeness (QED) is 0.587. The molecule has 19 heavy (non-hydrogen) atoms. The van der Waals surface area contributed by atoms with Gasteiger partial charge in [-0.1, -0.05) is 12.8 Å². The Morgan fingerprint density at radius 2 is 1.74 bits per heavy atom. The van der Waals surface area contributed by atoms with Crippen LogP contribution in [0, 0.1) is 0 Å². The summed E-state index contributed by atoms with van der Waals surface area (Å²) in [5.41, 5.74) is 5.06. The number of ether oxygens (including phenoxy) is 2. The monoisotopic (exact) mass is 269 g/mol. The van der Waals surface area contributed by atoms with Crippen LogP contribution in [0.2, 0.25) is 0 Å². The third-order valence-corrected chi connectivity index (χ3v) is 3.97. The van der Waals surface area contributed by atoms with Crippen LogP contribution in [-0.4, -0.2) is 29.3 Å². The Balaban J connectivity index is 1.95. The molecular weight excluding hydrogens is 242 g/mol. The average molecular weight is 269 g/mol. The van der Waals surface area contributed by atoms with E-state index in [4.69, 9.17) is 15.2 Å². The Labute approximate surface area is 116 Å². The molecule has 1 aliphatic carbocycles. The number of carbonyl (C=O) groups excluding carboxylic acids is 1. The highest BCUT2D eigenvalue weighted by Crippen LogP contribution is 2.35. The maximum Gasteiger partial charge on any atom is 0.326 e. The zero-order valence-electron chi connectivity index (χ0n) is 12.4. The minimum Gasteiger partial charge on any atom is -0.459 e. The highest BCUT2D eigenvalue weighted by atomic mass is 16.6. The summed E-state index contributed by atoms with van der Waals surface area (Å²) in [4.78, 5) is 12.3. The van der Waals surface area contributed by atoms with Gasteiger partial charge in [-0.05, 0) is 52.9 Å². The summed E-state index contributed by atoms with van der Waals surface area (Å²) in [5.74, 6) is -0.242. The first-order chi connectivity index (χ1) is 8.80. The summed E-state index contributed by atoms with van der Waals surface area (Å²) < 4.78 is 11.1. The number of epoxide rings is 1. The van der Waals surface area contributed by atoms with E-state index in [1.165, 1.54) is 0 Å². The van der Waals surface area contributed by atoms with Crippen LogP contribution < -0.4 is 5.73 Å². The van der Waals surface area contributed by atoms with Crippen LogP contribution in [0.3, 0.4) is 0 Å². The van der Waals surface area contributed by atoms with Crippen molar-refractivity contribution in [2.75, 3.05) is 0 Å². The Hall–Kier alpha value is -0.610. The molecule has 1 heterocycles. The van der Waals surface area contributed by atoms with Gasteiger partial charge in [-0.15, -0.1) is 0 Å². The molecular formula is C15H27NO3. The summed E-state index contributed by atoms with van der Waals surface area (Å²) in [7, 11) is 0. The van der Waals surface area contributed by atoms with Gasteiger partial charge in [0.1, 0.15) is 11.1 Å². The first-order valence-corrected chi connectivity index (χ1v) is 7.48. The van der Waals surface area contributed by atoms with Crippen LogP contribution in [0.15, 0.2) is 0 Å². The normalized spacial score (nSPS) is 36.2. The van der Waals surface area contributed by atoms with E-state index < -0.39 is 11.1 Å². The van der Waals surface area contributed by atoms with Gasteiger partial charge in [0.2, 0.25) is 0 Å². The fourth-order valence-corrected chi connectivity index (χ4v) is 2.80.